The highest BCUT2D eigenvalue weighted by molar-refractivity contribution is 4.49. The average molecular weight is 313 g/mol. The summed E-state index contributed by atoms with van der Waals surface area (Å²) in [6.07, 6.45) is 18.7. The molecule has 0 N–H and O–H groups in total. The first kappa shape index (κ1) is 22.0. The summed E-state index contributed by atoms with van der Waals surface area (Å²) < 4.78 is 1.23. The van der Waals surface area contributed by atoms with Gasteiger partial charge in [-0.1, -0.05) is 78.6 Å². The molecule has 0 unspecified atom stereocenters. The Kier molecular flexibility index (Phi) is 14.5. The van der Waals surface area contributed by atoms with Crippen LogP contribution in [0.5, 0.6) is 0 Å². The van der Waals surface area contributed by atoms with Gasteiger partial charge in [-0.3, -0.25) is 0 Å². The Morgan fingerprint density at radius 2 is 1.00 bits per heavy atom. The summed E-state index contributed by atoms with van der Waals surface area (Å²) in [4.78, 5) is 0. The van der Waals surface area contributed by atoms with E-state index in [1.54, 1.807) is 0 Å². The van der Waals surface area contributed by atoms with E-state index in [0.717, 1.165) is 5.92 Å². The Hall–Kier alpha value is -0.0400. The van der Waals surface area contributed by atoms with Gasteiger partial charge in [0.1, 0.15) is 0 Å². The lowest BCUT2D eigenvalue weighted by atomic mass is 10.1. The third-order valence-corrected chi connectivity index (χ3v) is 4.91. The molecular weight excluding hydrogens is 266 g/mol. The maximum absolute atomic E-state index is 2.41. The van der Waals surface area contributed by atoms with Gasteiger partial charge in [-0.15, -0.1) is 0 Å². The number of hydrogen-bond acceptors (Lipinski definition) is 0. The largest absolute Gasteiger partial charge is 0.328 e. The van der Waals surface area contributed by atoms with Crippen LogP contribution in [0.3, 0.4) is 0 Å². The molecule has 0 radical (unpaired) electrons. The van der Waals surface area contributed by atoms with Gasteiger partial charge in [0.15, 0.2) is 0 Å². The molecule has 0 fully saturated rings. The highest BCUT2D eigenvalue weighted by atomic mass is 15.3. The molecule has 0 aliphatic carbocycles. The van der Waals surface area contributed by atoms with Crippen molar-refractivity contribution in [3.63, 3.8) is 0 Å². The Balaban J connectivity index is 3.30. The van der Waals surface area contributed by atoms with Crippen LogP contribution in [-0.4, -0.2) is 31.7 Å². The summed E-state index contributed by atoms with van der Waals surface area (Å²) in [5, 5.41) is 0. The van der Waals surface area contributed by atoms with E-state index < -0.39 is 0 Å². The van der Waals surface area contributed by atoms with Gasteiger partial charge in [-0.25, -0.2) is 0 Å². The van der Waals surface area contributed by atoms with Crippen molar-refractivity contribution in [2.45, 2.75) is 104 Å². The molecule has 22 heavy (non-hydrogen) atoms. The molecule has 0 aromatic carbocycles. The van der Waals surface area contributed by atoms with Gasteiger partial charge in [0.2, 0.25) is 0 Å². The van der Waals surface area contributed by atoms with E-state index in [2.05, 4.69) is 34.9 Å². The second-order valence-corrected chi connectivity index (χ2v) is 8.45. The molecule has 0 saturated heterocycles. The van der Waals surface area contributed by atoms with Crippen LogP contribution >= 0.6 is 0 Å². The van der Waals surface area contributed by atoms with Crippen LogP contribution in [0.1, 0.15) is 104 Å². The second kappa shape index (κ2) is 14.5. The van der Waals surface area contributed by atoms with Crippen molar-refractivity contribution >= 4 is 0 Å². The number of quaternary nitrogens is 1. The van der Waals surface area contributed by atoms with Crippen molar-refractivity contribution in [3.05, 3.63) is 0 Å². The molecule has 0 aromatic heterocycles. The minimum absolute atomic E-state index is 0.863. The van der Waals surface area contributed by atoms with Gasteiger partial charge in [-0.05, 0) is 31.6 Å². The smallest absolute Gasteiger partial charge is 0.0782 e. The van der Waals surface area contributed by atoms with E-state index in [0.29, 0.717) is 0 Å². The summed E-state index contributed by atoms with van der Waals surface area (Å²) in [5.41, 5.74) is 0. The molecule has 0 aromatic rings. The van der Waals surface area contributed by atoms with Crippen LogP contribution in [0.15, 0.2) is 0 Å². The Morgan fingerprint density at radius 1 is 0.591 bits per heavy atom. The molecule has 0 aliphatic rings. The molecule has 0 heterocycles. The predicted molar refractivity (Wildman–Crippen MR) is 102 cm³/mol. The van der Waals surface area contributed by atoms with E-state index >= 15 is 0 Å². The van der Waals surface area contributed by atoms with Gasteiger partial charge >= 0.3 is 0 Å². The summed E-state index contributed by atoms with van der Waals surface area (Å²) in [5.74, 6) is 0.863. The topological polar surface area (TPSA) is 0 Å². The Bertz CT molecular complexity index is 220. The van der Waals surface area contributed by atoms with Crippen LogP contribution in [0.4, 0.5) is 0 Å². The SMILES string of the molecule is CCCCCCCCCCCCC[N+](C)(C)CCCC(C)C. The maximum Gasteiger partial charge on any atom is 0.0782 e. The zero-order valence-electron chi connectivity index (χ0n) is 16.6. The quantitative estimate of drug-likeness (QED) is 0.217. The van der Waals surface area contributed by atoms with Gasteiger partial charge in [0.05, 0.1) is 27.2 Å². The van der Waals surface area contributed by atoms with Gasteiger partial charge in [0.25, 0.3) is 0 Å². The number of nitrogens with zero attached hydrogens (tertiary/aromatic N) is 1. The zero-order chi connectivity index (χ0) is 16.7. The highest BCUT2D eigenvalue weighted by Crippen LogP contribution is 2.13. The van der Waals surface area contributed by atoms with Crippen molar-refractivity contribution in [1.29, 1.82) is 0 Å². The third kappa shape index (κ3) is 16.3. The van der Waals surface area contributed by atoms with Crippen molar-refractivity contribution < 1.29 is 4.48 Å². The van der Waals surface area contributed by atoms with Crippen LogP contribution in [-0.2, 0) is 0 Å². The Labute approximate surface area is 142 Å². The minimum Gasteiger partial charge on any atom is -0.328 e. The van der Waals surface area contributed by atoms with E-state index in [-0.39, 0.29) is 0 Å². The molecule has 134 valence electrons. The number of hydrogen-bond donors (Lipinski definition) is 0. The first-order valence-corrected chi connectivity index (χ1v) is 10.3. The molecule has 1 nitrogen and oxygen atoms in total. The zero-order valence-corrected chi connectivity index (χ0v) is 16.6. The van der Waals surface area contributed by atoms with E-state index in [1.165, 1.54) is 101 Å². The average Bonchev–Trinajstić information content (AvgIpc) is 2.44. The fourth-order valence-corrected chi connectivity index (χ4v) is 3.24. The van der Waals surface area contributed by atoms with E-state index in [1.807, 2.05) is 0 Å². The maximum atomic E-state index is 2.41. The number of rotatable bonds is 16. The summed E-state index contributed by atoms with van der Waals surface area (Å²) in [6, 6.07) is 0. The predicted octanol–water partition coefficient (Wildman–Crippen LogP) is 6.81. The molecular formula is C21H46N+. The normalized spacial score (nSPS) is 12.3. The molecule has 0 bridgehead atoms. The molecule has 0 rings (SSSR count). The van der Waals surface area contributed by atoms with Crippen LogP contribution in [0.2, 0.25) is 0 Å². The van der Waals surface area contributed by atoms with Crippen LogP contribution < -0.4 is 0 Å². The molecule has 1 heteroatoms. The highest BCUT2D eigenvalue weighted by Gasteiger charge is 2.13. The monoisotopic (exact) mass is 312 g/mol. The molecule has 0 spiro atoms. The van der Waals surface area contributed by atoms with Crippen LogP contribution in [0.25, 0.3) is 0 Å². The fraction of sp³-hybridized carbons (Fsp3) is 1.00. The van der Waals surface area contributed by atoms with Crippen molar-refractivity contribution in [3.8, 4) is 0 Å². The van der Waals surface area contributed by atoms with Gasteiger partial charge in [0, 0.05) is 0 Å². The lowest BCUT2D eigenvalue weighted by Gasteiger charge is -2.30. The number of unbranched alkanes of at least 4 members (excludes halogenated alkanes) is 10. The van der Waals surface area contributed by atoms with Gasteiger partial charge in [-0.2, -0.15) is 0 Å². The molecule has 0 aliphatic heterocycles. The summed E-state index contributed by atoms with van der Waals surface area (Å²) >= 11 is 0. The van der Waals surface area contributed by atoms with E-state index in [4.69, 9.17) is 0 Å². The van der Waals surface area contributed by atoms with Gasteiger partial charge < -0.3 is 4.48 Å². The van der Waals surface area contributed by atoms with Crippen molar-refractivity contribution in [1.82, 2.24) is 0 Å². The van der Waals surface area contributed by atoms with Crippen molar-refractivity contribution in [2.75, 3.05) is 27.2 Å². The molecule has 0 atom stereocenters. The molecule has 0 amide bonds. The summed E-state index contributed by atoms with van der Waals surface area (Å²) in [6.45, 7) is 9.70. The van der Waals surface area contributed by atoms with Crippen LogP contribution in [0, 0.1) is 5.92 Å². The van der Waals surface area contributed by atoms with E-state index in [9.17, 15) is 0 Å². The fourth-order valence-electron chi connectivity index (χ4n) is 3.24. The van der Waals surface area contributed by atoms with Crippen molar-refractivity contribution in [2.24, 2.45) is 5.92 Å². The molecule has 0 saturated carbocycles. The Morgan fingerprint density at radius 3 is 1.45 bits per heavy atom. The second-order valence-electron chi connectivity index (χ2n) is 8.45. The lowest BCUT2D eigenvalue weighted by Crippen LogP contribution is -2.41. The standard InChI is InChI=1S/C21H46N/c1-6-7-8-9-10-11-12-13-14-15-16-19-22(4,5)20-17-18-21(2)3/h21H,6-20H2,1-5H3/q+1. The third-order valence-electron chi connectivity index (χ3n) is 4.91. The first-order chi connectivity index (χ1) is 10.5. The summed E-state index contributed by atoms with van der Waals surface area (Å²) in [7, 11) is 4.83. The lowest BCUT2D eigenvalue weighted by molar-refractivity contribution is -0.890. The minimum atomic E-state index is 0.863. The first-order valence-electron chi connectivity index (χ1n) is 10.3.